The Morgan fingerprint density at radius 3 is 1.78 bits per heavy atom. The van der Waals surface area contributed by atoms with Crippen LogP contribution in [0.25, 0.3) is 0 Å². The Bertz CT molecular complexity index is 452. The summed E-state index contributed by atoms with van der Waals surface area (Å²) in [5.74, 6) is -0.975. The Morgan fingerprint density at radius 2 is 1.33 bits per heavy atom. The fourth-order valence-corrected chi connectivity index (χ4v) is 4.08. The van der Waals surface area contributed by atoms with Gasteiger partial charge in [0.1, 0.15) is 6.61 Å². The summed E-state index contributed by atoms with van der Waals surface area (Å²) in [4.78, 5) is 10.5. The molecule has 0 heterocycles. The maximum atomic E-state index is 10.5. The minimum absolute atomic E-state index is 0.104. The number of carbonyl (C=O) groups is 1. The van der Waals surface area contributed by atoms with E-state index in [1.807, 2.05) is 0 Å². The predicted octanol–water partition coefficient (Wildman–Crippen LogP) is 4.52. The first kappa shape index (κ1) is 26.7. The van der Waals surface area contributed by atoms with E-state index in [1.54, 1.807) is 0 Å². The normalized spacial score (nSPS) is 15.0. The highest BCUT2D eigenvalue weighted by molar-refractivity contribution is 6.74. The third-order valence-electron chi connectivity index (χ3n) is 5.61. The van der Waals surface area contributed by atoms with Gasteiger partial charge in [0.2, 0.25) is 0 Å². The van der Waals surface area contributed by atoms with Crippen molar-refractivity contribution in [2.75, 3.05) is 33.0 Å². The number of hydrogen-bond acceptors (Lipinski definition) is 5. The highest BCUT2D eigenvalue weighted by atomic mass is 28.4. The maximum Gasteiger partial charge on any atom is 0.329 e. The van der Waals surface area contributed by atoms with Gasteiger partial charge in [0.05, 0.1) is 32.5 Å². The van der Waals surface area contributed by atoms with Gasteiger partial charge in [-0.1, -0.05) is 41.5 Å². The third-order valence-corrected chi connectivity index (χ3v) is 14.6. The van der Waals surface area contributed by atoms with Crippen LogP contribution in [0.5, 0.6) is 0 Å². The quantitative estimate of drug-likeness (QED) is 0.368. The molecule has 1 atom stereocenters. The SMILES string of the molecule is CC(C)(C)[Si](C)(C)OCC(COCCOCC(=O)O)O[Si](C)(C)C(C)(C)C. The van der Waals surface area contributed by atoms with Crippen LogP contribution in [0.3, 0.4) is 0 Å². The third kappa shape index (κ3) is 10.2. The molecule has 8 heteroatoms. The Hall–Kier alpha value is -0.256. The lowest BCUT2D eigenvalue weighted by atomic mass is 10.2. The van der Waals surface area contributed by atoms with E-state index < -0.39 is 22.6 Å². The molecule has 0 amide bonds. The molecule has 0 aliphatic rings. The molecule has 0 radical (unpaired) electrons. The van der Waals surface area contributed by atoms with Crippen LogP contribution in [0, 0.1) is 0 Å². The number of rotatable bonds is 12. The molecule has 27 heavy (non-hydrogen) atoms. The van der Waals surface area contributed by atoms with Crippen LogP contribution < -0.4 is 0 Å². The first-order chi connectivity index (χ1) is 12.0. The van der Waals surface area contributed by atoms with Crippen LogP contribution in [0.15, 0.2) is 0 Å². The molecule has 0 saturated heterocycles. The zero-order valence-corrected chi connectivity index (χ0v) is 21.1. The number of carboxylic acids is 1. The number of carboxylic acid groups (broad SMARTS) is 1. The number of hydrogen-bond donors (Lipinski definition) is 1. The van der Waals surface area contributed by atoms with Crippen molar-refractivity contribution in [3.05, 3.63) is 0 Å². The first-order valence-corrected chi connectivity index (χ1v) is 15.5. The van der Waals surface area contributed by atoms with E-state index in [0.717, 1.165) is 0 Å². The maximum absolute atomic E-state index is 10.5. The molecule has 6 nitrogen and oxygen atoms in total. The van der Waals surface area contributed by atoms with E-state index in [-0.39, 0.29) is 29.4 Å². The molecule has 0 aliphatic carbocycles. The van der Waals surface area contributed by atoms with Crippen LogP contribution in [0.2, 0.25) is 36.3 Å². The largest absolute Gasteiger partial charge is 0.480 e. The Morgan fingerprint density at radius 1 is 0.852 bits per heavy atom. The number of ether oxygens (including phenoxy) is 2. The smallest absolute Gasteiger partial charge is 0.329 e. The molecule has 0 aromatic rings. The van der Waals surface area contributed by atoms with Crippen molar-refractivity contribution in [3.63, 3.8) is 0 Å². The lowest BCUT2D eigenvalue weighted by Crippen LogP contribution is -2.49. The topological polar surface area (TPSA) is 74.2 Å². The molecule has 0 aromatic heterocycles. The molecule has 1 N–H and O–H groups in total. The molecule has 0 bridgehead atoms. The fourth-order valence-electron chi connectivity index (χ4n) is 1.72. The van der Waals surface area contributed by atoms with Gasteiger partial charge in [-0.15, -0.1) is 0 Å². The zero-order valence-electron chi connectivity index (χ0n) is 19.1. The lowest BCUT2D eigenvalue weighted by Gasteiger charge is -2.41. The van der Waals surface area contributed by atoms with E-state index in [4.69, 9.17) is 23.4 Å². The van der Waals surface area contributed by atoms with Gasteiger partial charge < -0.3 is 23.4 Å². The van der Waals surface area contributed by atoms with Gasteiger partial charge in [-0.25, -0.2) is 4.79 Å². The molecule has 1 unspecified atom stereocenters. The Balaban J connectivity index is 4.79. The van der Waals surface area contributed by atoms with Gasteiger partial charge in [-0.05, 0) is 36.3 Å². The highest BCUT2D eigenvalue weighted by Crippen LogP contribution is 2.39. The summed E-state index contributed by atoms with van der Waals surface area (Å²) in [6, 6.07) is 0. The van der Waals surface area contributed by atoms with E-state index in [1.165, 1.54) is 0 Å². The van der Waals surface area contributed by atoms with Gasteiger partial charge in [-0.2, -0.15) is 0 Å². The van der Waals surface area contributed by atoms with E-state index in [9.17, 15) is 4.79 Å². The van der Waals surface area contributed by atoms with Crippen LogP contribution in [-0.2, 0) is 23.1 Å². The fraction of sp³-hybridized carbons (Fsp3) is 0.947. The van der Waals surface area contributed by atoms with E-state index >= 15 is 0 Å². The summed E-state index contributed by atoms with van der Waals surface area (Å²) in [6.45, 7) is 23.4. The van der Waals surface area contributed by atoms with Gasteiger partial charge in [-0.3, -0.25) is 0 Å². The van der Waals surface area contributed by atoms with Gasteiger partial charge in [0.15, 0.2) is 16.6 Å². The minimum atomic E-state index is -1.95. The molecule has 0 spiro atoms. The first-order valence-electron chi connectivity index (χ1n) is 9.69. The van der Waals surface area contributed by atoms with Crippen molar-refractivity contribution in [1.82, 2.24) is 0 Å². The minimum Gasteiger partial charge on any atom is -0.480 e. The Labute approximate surface area is 168 Å². The van der Waals surface area contributed by atoms with Crippen molar-refractivity contribution in [3.8, 4) is 0 Å². The molecular weight excluding hydrogens is 380 g/mol. The summed E-state index contributed by atoms with van der Waals surface area (Å²) in [7, 11) is -3.83. The highest BCUT2D eigenvalue weighted by Gasteiger charge is 2.41. The second-order valence-electron chi connectivity index (χ2n) is 10.1. The monoisotopic (exact) mass is 422 g/mol. The van der Waals surface area contributed by atoms with Crippen LogP contribution in [0.4, 0.5) is 0 Å². The van der Waals surface area contributed by atoms with Crippen LogP contribution >= 0.6 is 0 Å². The summed E-state index contributed by atoms with van der Waals surface area (Å²) in [5, 5.41) is 8.82. The molecular formula is C19H42O6Si2. The predicted molar refractivity (Wildman–Crippen MR) is 114 cm³/mol. The summed E-state index contributed by atoms with van der Waals surface area (Å²) >= 11 is 0. The van der Waals surface area contributed by atoms with E-state index in [0.29, 0.717) is 19.8 Å². The molecule has 0 aromatic carbocycles. The second kappa shape index (κ2) is 10.5. The van der Waals surface area contributed by atoms with Crippen LogP contribution in [-0.4, -0.2) is 66.8 Å². The second-order valence-corrected chi connectivity index (χ2v) is 19.7. The molecule has 0 fully saturated rings. The zero-order chi connectivity index (χ0) is 21.5. The summed E-state index contributed by atoms with van der Waals surface area (Å²) in [6.07, 6.45) is -0.139. The number of aliphatic carboxylic acids is 1. The molecule has 162 valence electrons. The Kier molecular flexibility index (Phi) is 10.4. The van der Waals surface area contributed by atoms with Gasteiger partial charge in [0.25, 0.3) is 0 Å². The van der Waals surface area contributed by atoms with E-state index in [2.05, 4.69) is 67.7 Å². The molecule has 0 rings (SSSR count). The molecule has 0 saturated carbocycles. The van der Waals surface area contributed by atoms with Crippen molar-refractivity contribution >= 4 is 22.6 Å². The van der Waals surface area contributed by atoms with Gasteiger partial charge in [0, 0.05) is 0 Å². The summed E-state index contributed by atoms with van der Waals surface area (Å²) < 4.78 is 23.6. The van der Waals surface area contributed by atoms with Crippen molar-refractivity contribution in [2.24, 2.45) is 0 Å². The average Bonchev–Trinajstić information content (AvgIpc) is 2.45. The average molecular weight is 423 g/mol. The molecule has 0 aliphatic heterocycles. The standard InChI is InChI=1S/C19H42O6Si2/c1-18(2,3)26(7,8)24-14-16(25-27(9,10)19(4,5)6)13-22-11-12-23-15-17(20)21/h16H,11-15H2,1-10H3,(H,20,21). The van der Waals surface area contributed by atoms with Gasteiger partial charge >= 0.3 is 5.97 Å². The lowest BCUT2D eigenvalue weighted by molar-refractivity contribution is -0.142. The summed E-state index contributed by atoms with van der Waals surface area (Å²) in [5.41, 5.74) is 0. The van der Waals surface area contributed by atoms with Crippen molar-refractivity contribution < 1.29 is 28.2 Å². The van der Waals surface area contributed by atoms with Crippen LogP contribution in [0.1, 0.15) is 41.5 Å². The van der Waals surface area contributed by atoms with Crippen molar-refractivity contribution in [1.29, 1.82) is 0 Å². The van der Waals surface area contributed by atoms with Crippen molar-refractivity contribution in [2.45, 2.75) is 83.9 Å².